The normalized spacial score (nSPS) is 14.6. The van der Waals surface area contributed by atoms with Crippen molar-refractivity contribution in [2.45, 2.75) is 12.8 Å². The van der Waals surface area contributed by atoms with Gasteiger partial charge in [0.15, 0.2) is 0 Å². The van der Waals surface area contributed by atoms with Crippen molar-refractivity contribution in [3.05, 3.63) is 101 Å². The Hall–Kier alpha value is -2.98. The minimum Gasteiger partial charge on any atom is -0.494 e. The third-order valence-electron chi connectivity index (χ3n) is 4.44. The first-order chi connectivity index (χ1) is 12.8. The number of benzene rings is 1. The van der Waals surface area contributed by atoms with Gasteiger partial charge in [-0.25, -0.2) is 4.99 Å². The van der Waals surface area contributed by atoms with Crippen molar-refractivity contribution < 1.29 is 4.74 Å². The van der Waals surface area contributed by atoms with Crippen molar-refractivity contribution in [1.29, 1.82) is 0 Å². The molecule has 0 fully saturated rings. The average Bonchev–Trinajstić information content (AvgIpc) is 3.42. The third-order valence-corrected chi connectivity index (χ3v) is 4.44. The van der Waals surface area contributed by atoms with Gasteiger partial charge in [-0.05, 0) is 48.7 Å². The number of halogens is 1. The van der Waals surface area contributed by atoms with Gasteiger partial charge in [-0.3, -0.25) is 0 Å². The molecule has 2 N–H and O–H groups in total. The largest absolute Gasteiger partial charge is 0.494 e. The van der Waals surface area contributed by atoms with E-state index in [2.05, 4.69) is 51.4 Å². The Balaban J connectivity index is 0.00000210. The fraction of sp³-hybridized carbons (Fsp3) is 0.136. The highest BCUT2D eigenvalue weighted by atomic mass is 35.5. The van der Waals surface area contributed by atoms with Gasteiger partial charge in [0.05, 0.1) is 18.5 Å². The van der Waals surface area contributed by atoms with E-state index in [-0.39, 0.29) is 12.4 Å². The third kappa shape index (κ3) is 4.41. The van der Waals surface area contributed by atoms with Gasteiger partial charge in [-0.15, -0.1) is 12.4 Å². The Morgan fingerprint density at radius 2 is 1.85 bits per heavy atom. The quantitative estimate of drug-likeness (QED) is 0.627. The van der Waals surface area contributed by atoms with Gasteiger partial charge < -0.3 is 14.7 Å². The van der Waals surface area contributed by atoms with Crippen LogP contribution in [0.5, 0.6) is 0 Å². The van der Waals surface area contributed by atoms with Crippen LogP contribution in [-0.4, -0.2) is 22.8 Å². The fourth-order valence-electron chi connectivity index (χ4n) is 3.07. The topological polar surface area (TPSA) is 53.2 Å². The SMILES string of the molecule is COC1=CC(c2ccc[nH]2)=NC1=Cc1ccc(CCc2ccccc2)[nH]1.Cl. The maximum atomic E-state index is 5.49. The predicted molar refractivity (Wildman–Crippen MR) is 112 cm³/mol. The molecule has 27 heavy (non-hydrogen) atoms. The minimum atomic E-state index is 0. The molecule has 4 nitrogen and oxygen atoms in total. The van der Waals surface area contributed by atoms with Crippen LogP contribution in [0.4, 0.5) is 0 Å². The van der Waals surface area contributed by atoms with Gasteiger partial charge in [0.25, 0.3) is 0 Å². The van der Waals surface area contributed by atoms with Crippen molar-refractivity contribution in [2.24, 2.45) is 4.99 Å². The summed E-state index contributed by atoms with van der Waals surface area (Å²) in [6.45, 7) is 0. The summed E-state index contributed by atoms with van der Waals surface area (Å²) in [4.78, 5) is 11.3. The predicted octanol–water partition coefficient (Wildman–Crippen LogP) is 4.92. The molecule has 3 heterocycles. The van der Waals surface area contributed by atoms with E-state index >= 15 is 0 Å². The number of nitrogens with one attached hydrogen (secondary N) is 2. The summed E-state index contributed by atoms with van der Waals surface area (Å²) in [7, 11) is 1.67. The first-order valence-electron chi connectivity index (χ1n) is 8.74. The number of ether oxygens (including phenoxy) is 1. The molecule has 0 aliphatic carbocycles. The lowest BCUT2D eigenvalue weighted by atomic mass is 10.1. The summed E-state index contributed by atoms with van der Waals surface area (Å²) in [5.41, 5.74) is 6.29. The van der Waals surface area contributed by atoms with Crippen LogP contribution in [0.1, 0.15) is 22.6 Å². The van der Waals surface area contributed by atoms with E-state index in [4.69, 9.17) is 4.74 Å². The van der Waals surface area contributed by atoms with Gasteiger partial charge in [0, 0.05) is 23.7 Å². The first-order valence-corrected chi connectivity index (χ1v) is 8.74. The molecule has 0 radical (unpaired) electrons. The van der Waals surface area contributed by atoms with E-state index in [1.807, 2.05) is 36.5 Å². The molecule has 0 bridgehead atoms. The summed E-state index contributed by atoms with van der Waals surface area (Å²) in [6, 6.07) is 18.7. The van der Waals surface area contributed by atoms with Crippen LogP contribution in [0.25, 0.3) is 6.08 Å². The monoisotopic (exact) mass is 379 g/mol. The Kier molecular flexibility index (Phi) is 5.99. The highest BCUT2D eigenvalue weighted by molar-refractivity contribution is 6.11. The Bertz CT molecular complexity index is 966. The minimum absolute atomic E-state index is 0. The highest BCUT2D eigenvalue weighted by Gasteiger charge is 2.17. The van der Waals surface area contributed by atoms with Crippen LogP contribution >= 0.6 is 12.4 Å². The molecule has 0 saturated heterocycles. The zero-order valence-electron chi connectivity index (χ0n) is 15.1. The summed E-state index contributed by atoms with van der Waals surface area (Å²) in [6.07, 6.45) is 7.88. The lowest BCUT2D eigenvalue weighted by molar-refractivity contribution is 0.303. The molecular weight excluding hydrogens is 358 g/mol. The molecule has 1 aromatic carbocycles. The maximum Gasteiger partial charge on any atom is 0.146 e. The second-order valence-corrected chi connectivity index (χ2v) is 6.25. The molecule has 0 saturated carbocycles. The van der Waals surface area contributed by atoms with E-state index in [0.29, 0.717) is 0 Å². The number of aliphatic imine (C=N–C) groups is 1. The number of aryl methyl sites for hydroxylation is 2. The average molecular weight is 380 g/mol. The number of H-pyrrole nitrogens is 2. The second kappa shape index (κ2) is 8.60. The zero-order valence-corrected chi connectivity index (χ0v) is 15.9. The zero-order chi connectivity index (χ0) is 17.8. The van der Waals surface area contributed by atoms with Crippen molar-refractivity contribution in [2.75, 3.05) is 7.11 Å². The maximum absolute atomic E-state index is 5.49. The number of hydrogen-bond donors (Lipinski definition) is 2. The number of aromatic nitrogens is 2. The lowest BCUT2D eigenvalue weighted by Crippen LogP contribution is -1.93. The van der Waals surface area contributed by atoms with Crippen LogP contribution in [0, 0.1) is 0 Å². The van der Waals surface area contributed by atoms with Crippen molar-refractivity contribution in [3.63, 3.8) is 0 Å². The van der Waals surface area contributed by atoms with Crippen molar-refractivity contribution in [1.82, 2.24) is 9.97 Å². The molecule has 1 aliphatic heterocycles. The van der Waals surface area contributed by atoms with Crippen molar-refractivity contribution in [3.8, 4) is 0 Å². The molecule has 0 amide bonds. The molecular formula is C22H22ClN3O. The number of allylic oxidation sites excluding steroid dienone is 1. The molecule has 138 valence electrons. The molecule has 0 atom stereocenters. The van der Waals surface area contributed by atoms with Crippen LogP contribution < -0.4 is 0 Å². The molecule has 4 rings (SSSR count). The molecule has 3 aromatic rings. The molecule has 0 unspecified atom stereocenters. The highest BCUT2D eigenvalue weighted by Crippen LogP contribution is 2.24. The van der Waals surface area contributed by atoms with E-state index in [1.165, 1.54) is 11.3 Å². The van der Waals surface area contributed by atoms with Crippen LogP contribution in [0.2, 0.25) is 0 Å². The Labute approximate surface area is 165 Å². The number of nitrogens with zero attached hydrogens (tertiary/aromatic N) is 1. The van der Waals surface area contributed by atoms with Gasteiger partial charge >= 0.3 is 0 Å². The summed E-state index contributed by atoms with van der Waals surface area (Å²) in [5.74, 6) is 0.773. The van der Waals surface area contributed by atoms with Crippen LogP contribution in [0.3, 0.4) is 0 Å². The van der Waals surface area contributed by atoms with E-state index < -0.39 is 0 Å². The first kappa shape index (κ1) is 18.8. The summed E-state index contributed by atoms with van der Waals surface area (Å²) in [5, 5.41) is 0. The van der Waals surface area contributed by atoms with Gasteiger partial charge in [0.1, 0.15) is 11.5 Å². The van der Waals surface area contributed by atoms with Gasteiger partial charge in [-0.2, -0.15) is 0 Å². The van der Waals surface area contributed by atoms with E-state index in [0.717, 1.165) is 41.4 Å². The number of aromatic amines is 2. The Morgan fingerprint density at radius 3 is 2.59 bits per heavy atom. The van der Waals surface area contributed by atoms with Crippen molar-refractivity contribution >= 4 is 24.2 Å². The number of methoxy groups -OCH3 is 1. The van der Waals surface area contributed by atoms with Gasteiger partial charge in [0.2, 0.25) is 0 Å². The second-order valence-electron chi connectivity index (χ2n) is 6.25. The summed E-state index contributed by atoms with van der Waals surface area (Å²) < 4.78 is 5.49. The lowest BCUT2D eigenvalue weighted by Gasteiger charge is -2.01. The van der Waals surface area contributed by atoms with Gasteiger partial charge in [-0.1, -0.05) is 30.3 Å². The number of hydrogen-bond acceptors (Lipinski definition) is 2. The van der Waals surface area contributed by atoms with E-state index in [9.17, 15) is 0 Å². The van der Waals surface area contributed by atoms with E-state index in [1.54, 1.807) is 7.11 Å². The Morgan fingerprint density at radius 1 is 1.00 bits per heavy atom. The standard InChI is InChI=1S/C22H21N3O.ClH/c1-26-22-15-20(19-8-5-13-23-19)25-21(22)14-18-12-11-17(24-18)10-9-16-6-3-2-4-7-16;/h2-8,11-15,23-24H,9-10H2,1H3;1H. The molecule has 5 heteroatoms. The molecule has 1 aliphatic rings. The summed E-state index contributed by atoms with van der Waals surface area (Å²) >= 11 is 0. The van der Waals surface area contributed by atoms with Crippen LogP contribution in [0.15, 0.2) is 83.3 Å². The molecule has 0 spiro atoms. The molecule has 2 aromatic heterocycles. The van der Waals surface area contributed by atoms with Crippen LogP contribution in [-0.2, 0) is 17.6 Å². The number of rotatable bonds is 6. The fourth-order valence-corrected chi connectivity index (χ4v) is 3.07. The smallest absolute Gasteiger partial charge is 0.146 e.